The van der Waals surface area contributed by atoms with Gasteiger partial charge in [0.25, 0.3) is 15.7 Å². The number of nitrogens with one attached hydrogen (secondary N) is 1. The molecule has 11 nitrogen and oxygen atoms in total. The minimum atomic E-state index is -4.54. The summed E-state index contributed by atoms with van der Waals surface area (Å²) in [6.45, 7) is 6.39. The monoisotopic (exact) mass is 672 g/mol. The maximum Gasteiger partial charge on any atom is 0.273 e. The van der Waals surface area contributed by atoms with Crippen molar-refractivity contribution >= 4 is 33.2 Å². The molecule has 1 N–H and O–H groups in total. The predicted molar refractivity (Wildman–Crippen MR) is 184 cm³/mol. The van der Waals surface area contributed by atoms with Crippen LogP contribution >= 0.6 is 0 Å². The van der Waals surface area contributed by atoms with Crippen LogP contribution in [0.2, 0.25) is 0 Å². The van der Waals surface area contributed by atoms with Gasteiger partial charge in [0.05, 0.1) is 22.6 Å². The minimum absolute atomic E-state index is 0.0288. The number of hydrogen-bond donors (Lipinski definition) is 1. The first-order valence-corrected chi connectivity index (χ1v) is 16.9. The summed E-state index contributed by atoms with van der Waals surface area (Å²) in [6, 6.07) is 25.2. The molecular weight excluding hydrogens is 632 g/mol. The van der Waals surface area contributed by atoms with Gasteiger partial charge in [0.15, 0.2) is 0 Å². The molecule has 12 heteroatoms. The number of benzene rings is 4. The van der Waals surface area contributed by atoms with Crippen LogP contribution in [-0.2, 0) is 32.6 Å². The number of aryl methyl sites for hydroxylation is 2. The van der Waals surface area contributed by atoms with Gasteiger partial charge in [0.2, 0.25) is 11.8 Å². The van der Waals surface area contributed by atoms with E-state index in [1.807, 2.05) is 75.4 Å². The Labute approximate surface area is 281 Å². The minimum Gasteiger partial charge on any atom is -0.497 e. The molecule has 1 unspecified atom stereocenters. The molecule has 0 spiro atoms. The molecular formula is C36H40N4O7S. The molecule has 0 radical (unpaired) electrons. The molecule has 0 saturated carbocycles. The first-order chi connectivity index (χ1) is 22.8. The first kappa shape index (κ1) is 35.6. The second-order valence-electron chi connectivity index (χ2n) is 11.7. The van der Waals surface area contributed by atoms with Crippen molar-refractivity contribution < 1.29 is 27.7 Å². The number of methoxy groups -OCH3 is 1. The van der Waals surface area contributed by atoms with Gasteiger partial charge in [0.1, 0.15) is 18.3 Å². The maximum atomic E-state index is 14.6. The van der Waals surface area contributed by atoms with E-state index in [4.69, 9.17) is 4.74 Å². The van der Waals surface area contributed by atoms with Crippen LogP contribution in [0.5, 0.6) is 5.75 Å². The number of anilines is 1. The molecule has 0 fully saturated rings. The third kappa shape index (κ3) is 8.56. The summed E-state index contributed by atoms with van der Waals surface area (Å²) in [4.78, 5) is 40.6. The Morgan fingerprint density at radius 2 is 1.54 bits per heavy atom. The smallest absolute Gasteiger partial charge is 0.273 e. The van der Waals surface area contributed by atoms with Gasteiger partial charge in [-0.25, -0.2) is 8.42 Å². The number of amides is 2. The van der Waals surface area contributed by atoms with Gasteiger partial charge in [-0.3, -0.25) is 24.0 Å². The maximum absolute atomic E-state index is 14.6. The highest BCUT2D eigenvalue weighted by Gasteiger charge is 2.35. The molecule has 0 aliphatic heterocycles. The molecule has 0 aliphatic carbocycles. The van der Waals surface area contributed by atoms with Crippen molar-refractivity contribution in [3.8, 4) is 5.75 Å². The number of nitro benzene ring substituents is 1. The topological polar surface area (TPSA) is 139 Å². The van der Waals surface area contributed by atoms with Gasteiger partial charge in [-0.15, -0.1) is 0 Å². The van der Waals surface area contributed by atoms with E-state index in [2.05, 4.69) is 5.32 Å². The quantitative estimate of drug-likeness (QED) is 0.136. The molecule has 2 amide bonds. The van der Waals surface area contributed by atoms with Gasteiger partial charge in [0, 0.05) is 30.6 Å². The van der Waals surface area contributed by atoms with Crippen LogP contribution in [0.25, 0.3) is 0 Å². The average Bonchev–Trinajstić information content (AvgIpc) is 3.06. The summed E-state index contributed by atoms with van der Waals surface area (Å²) < 4.78 is 34.8. The molecule has 48 heavy (non-hydrogen) atoms. The summed E-state index contributed by atoms with van der Waals surface area (Å²) in [5.74, 6) is -0.564. The van der Waals surface area contributed by atoms with Crippen molar-refractivity contribution in [2.75, 3.05) is 18.0 Å². The molecule has 1 atom stereocenters. The molecule has 252 valence electrons. The lowest BCUT2D eigenvalue weighted by Gasteiger charge is -2.34. The molecule has 4 aromatic rings. The number of nitrogens with zero attached hydrogens (tertiary/aromatic N) is 3. The summed E-state index contributed by atoms with van der Waals surface area (Å²) in [7, 11) is -3.07. The number of ether oxygens (including phenoxy) is 1. The predicted octanol–water partition coefficient (Wildman–Crippen LogP) is 5.58. The Kier molecular flexibility index (Phi) is 11.6. The summed E-state index contributed by atoms with van der Waals surface area (Å²) in [6.07, 6.45) is 0.177. The second kappa shape index (κ2) is 15.6. The van der Waals surface area contributed by atoms with Gasteiger partial charge in [-0.1, -0.05) is 60.7 Å². The van der Waals surface area contributed by atoms with E-state index in [0.717, 1.165) is 27.1 Å². The van der Waals surface area contributed by atoms with Gasteiger partial charge in [-0.2, -0.15) is 0 Å². The molecule has 4 aromatic carbocycles. The highest BCUT2D eigenvalue weighted by molar-refractivity contribution is 7.92. The van der Waals surface area contributed by atoms with Crippen molar-refractivity contribution in [1.82, 2.24) is 10.2 Å². The zero-order chi connectivity index (χ0) is 35.0. The van der Waals surface area contributed by atoms with Crippen LogP contribution in [-0.4, -0.2) is 55.8 Å². The van der Waals surface area contributed by atoms with Gasteiger partial charge in [-0.05, 0) is 74.7 Å². The lowest BCUT2D eigenvalue weighted by atomic mass is 10.0. The number of rotatable bonds is 14. The van der Waals surface area contributed by atoms with E-state index in [9.17, 15) is 28.1 Å². The van der Waals surface area contributed by atoms with Gasteiger partial charge >= 0.3 is 0 Å². The molecule has 0 heterocycles. The van der Waals surface area contributed by atoms with Crippen molar-refractivity contribution in [3.05, 3.63) is 129 Å². The van der Waals surface area contributed by atoms with Crippen molar-refractivity contribution in [2.45, 2.75) is 57.6 Å². The SMILES string of the molecule is COc1ccc(N(CC(=O)N(Cc2ccccc2C)C(Cc2ccccc2)C(=O)NC(C)C)S(=O)(=O)c2ccc(C)c([N+](=O)[O-])c2)cc1. The van der Waals surface area contributed by atoms with Gasteiger partial charge < -0.3 is 15.0 Å². The Bertz CT molecular complexity index is 1860. The number of carbonyl (C=O) groups excluding carboxylic acids is 2. The van der Waals surface area contributed by atoms with Crippen molar-refractivity contribution in [3.63, 3.8) is 0 Å². The van der Waals surface area contributed by atoms with Crippen LogP contribution in [0.3, 0.4) is 0 Å². The third-order valence-electron chi connectivity index (χ3n) is 7.91. The van der Waals surface area contributed by atoms with Crippen LogP contribution < -0.4 is 14.4 Å². The fraction of sp³-hybridized carbons (Fsp3) is 0.278. The second-order valence-corrected chi connectivity index (χ2v) is 13.6. The summed E-state index contributed by atoms with van der Waals surface area (Å²) in [5, 5.41) is 14.7. The zero-order valence-corrected chi connectivity index (χ0v) is 28.4. The molecule has 0 aromatic heterocycles. The van der Waals surface area contributed by atoms with Crippen LogP contribution in [0.15, 0.2) is 102 Å². The zero-order valence-electron chi connectivity index (χ0n) is 27.6. The Hall–Kier alpha value is -5.23. The average molecular weight is 673 g/mol. The highest BCUT2D eigenvalue weighted by Crippen LogP contribution is 2.30. The largest absolute Gasteiger partial charge is 0.497 e. The van der Waals surface area contributed by atoms with E-state index >= 15 is 0 Å². The summed E-state index contributed by atoms with van der Waals surface area (Å²) in [5.41, 5.74) is 2.55. The third-order valence-corrected chi connectivity index (χ3v) is 9.68. The number of carbonyl (C=O) groups is 2. The van der Waals surface area contributed by atoms with Crippen LogP contribution in [0.4, 0.5) is 11.4 Å². The van der Waals surface area contributed by atoms with Crippen LogP contribution in [0.1, 0.15) is 36.1 Å². The number of nitro groups is 1. The Balaban J connectivity index is 1.85. The van der Waals surface area contributed by atoms with Crippen molar-refractivity contribution in [2.24, 2.45) is 0 Å². The van der Waals surface area contributed by atoms with Crippen molar-refractivity contribution in [1.29, 1.82) is 0 Å². The van der Waals surface area contributed by atoms with E-state index in [0.29, 0.717) is 5.75 Å². The lowest BCUT2D eigenvalue weighted by molar-refractivity contribution is -0.385. The van der Waals surface area contributed by atoms with E-state index in [1.165, 1.54) is 43.2 Å². The molecule has 0 bridgehead atoms. The fourth-order valence-corrected chi connectivity index (χ4v) is 6.69. The fourth-order valence-electron chi connectivity index (χ4n) is 5.26. The standard InChI is InChI=1S/C36H40N4O7S/c1-25(2)37-36(42)34(21-28-12-7-6-8-13-28)38(23-29-14-10-9-11-26(29)3)35(41)24-39(30-16-18-31(47-5)19-17-30)48(45,46)32-20-15-27(4)33(22-32)40(43)44/h6-20,22,25,34H,21,23-24H2,1-5H3,(H,37,42). The first-order valence-electron chi connectivity index (χ1n) is 15.4. The van der Waals surface area contributed by atoms with E-state index in [-0.39, 0.29) is 46.7 Å². The Morgan fingerprint density at radius 1 is 0.896 bits per heavy atom. The van der Waals surface area contributed by atoms with E-state index < -0.39 is 33.4 Å². The lowest BCUT2D eigenvalue weighted by Crippen LogP contribution is -2.54. The molecule has 0 saturated heterocycles. The van der Waals surface area contributed by atoms with Crippen LogP contribution in [0, 0.1) is 24.0 Å². The van der Waals surface area contributed by atoms with E-state index in [1.54, 1.807) is 12.1 Å². The Morgan fingerprint density at radius 3 is 2.15 bits per heavy atom. The molecule has 4 rings (SSSR count). The number of sulfonamides is 1. The highest BCUT2D eigenvalue weighted by atomic mass is 32.2. The summed E-state index contributed by atoms with van der Waals surface area (Å²) >= 11 is 0. The normalized spacial score (nSPS) is 11.9. The molecule has 0 aliphatic rings. The number of hydrogen-bond acceptors (Lipinski definition) is 7.